The monoisotopic (exact) mass is 392 g/mol. The molecule has 8 nitrogen and oxygen atoms in total. The topological polar surface area (TPSA) is 84.4 Å². The summed E-state index contributed by atoms with van der Waals surface area (Å²) in [4.78, 5) is 45.5. The van der Waals surface area contributed by atoms with E-state index in [9.17, 15) is 19.5 Å². The lowest BCUT2D eigenvalue weighted by atomic mass is 9.80. The summed E-state index contributed by atoms with van der Waals surface area (Å²) in [6.07, 6.45) is 3.48. The number of β-amino-alcohol motifs (C(OH)–C–C–N with tert-alkyl or cyclic N) is 1. The average molecular weight is 393 g/mol. The molecular weight excluding hydrogens is 360 g/mol. The van der Waals surface area contributed by atoms with Crippen LogP contribution in [0, 0.1) is 0 Å². The van der Waals surface area contributed by atoms with Gasteiger partial charge in [-0.1, -0.05) is 13.3 Å². The van der Waals surface area contributed by atoms with Crippen molar-refractivity contribution in [3.8, 4) is 0 Å². The number of hydrogen-bond acceptors (Lipinski definition) is 6. The van der Waals surface area contributed by atoms with E-state index in [4.69, 9.17) is 0 Å². The summed E-state index contributed by atoms with van der Waals surface area (Å²) < 4.78 is 0. The molecule has 0 aromatic carbocycles. The lowest BCUT2D eigenvalue weighted by Gasteiger charge is -2.60. The third-order valence-corrected chi connectivity index (χ3v) is 7.11. The summed E-state index contributed by atoms with van der Waals surface area (Å²) in [5.41, 5.74) is -0.665. The maximum absolute atomic E-state index is 13.4. The van der Waals surface area contributed by atoms with Crippen LogP contribution < -0.4 is 0 Å². The van der Waals surface area contributed by atoms with Gasteiger partial charge in [0, 0.05) is 52.2 Å². The van der Waals surface area contributed by atoms with Crippen LogP contribution in [0.1, 0.15) is 46.0 Å². The molecular formula is C20H32N4O4. The van der Waals surface area contributed by atoms with Gasteiger partial charge in [-0.25, -0.2) is 0 Å². The van der Waals surface area contributed by atoms with E-state index in [1.54, 1.807) is 6.92 Å². The first kappa shape index (κ1) is 19.8. The molecule has 3 amide bonds. The van der Waals surface area contributed by atoms with Crippen LogP contribution in [0.5, 0.6) is 0 Å². The standard InChI is InChI=1S/C20H32N4O4/c1-3-4-7-23-18(27)17-10-16(26)11-24(17)20(19(23)28)12-22(13-20)15-5-8-21(9-6-15)14(2)25/h15-17,26H,3-13H2,1-2H3/t16-,17+/m1/s1. The Balaban J connectivity index is 1.48. The van der Waals surface area contributed by atoms with Crippen molar-refractivity contribution in [1.82, 2.24) is 19.6 Å². The fraction of sp³-hybridized carbons (Fsp3) is 0.850. The van der Waals surface area contributed by atoms with Crippen molar-refractivity contribution in [3.63, 3.8) is 0 Å². The Labute approximate surface area is 166 Å². The summed E-state index contributed by atoms with van der Waals surface area (Å²) in [5.74, 6) is -0.0810. The Morgan fingerprint density at radius 1 is 1.21 bits per heavy atom. The molecule has 156 valence electrons. The molecule has 4 saturated heterocycles. The number of nitrogens with zero attached hydrogens (tertiary/aromatic N) is 4. The predicted molar refractivity (Wildman–Crippen MR) is 102 cm³/mol. The van der Waals surface area contributed by atoms with Crippen LogP contribution in [-0.4, -0.2) is 105 Å². The summed E-state index contributed by atoms with van der Waals surface area (Å²) in [6.45, 7) is 7.32. The maximum Gasteiger partial charge on any atom is 0.252 e. The van der Waals surface area contributed by atoms with E-state index in [2.05, 4.69) is 11.8 Å². The van der Waals surface area contributed by atoms with Gasteiger partial charge >= 0.3 is 0 Å². The minimum absolute atomic E-state index is 0.0753. The Morgan fingerprint density at radius 2 is 1.89 bits per heavy atom. The van der Waals surface area contributed by atoms with Crippen LogP contribution in [0.25, 0.3) is 0 Å². The second kappa shape index (κ2) is 7.39. The van der Waals surface area contributed by atoms with Crippen LogP contribution in [0.2, 0.25) is 0 Å². The van der Waals surface area contributed by atoms with Crippen LogP contribution in [0.15, 0.2) is 0 Å². The Morgan fingerprint density at radius 3 is 2.50 bits per heavy atom. The van der Waals surface area contributed by atoms with E-state index >= 15 is 0 Å². The number of hydrogen-bond donors (Lipinski definition) is 1. The first-order chi connectivity index (χ1) is 13.4. The van der Waals surface area contributed by atoms with Crippen molar-refractivity contribution in [2.45, 2.75) is 69.7 Å². The van der Waals surface area contributed by atoms with Crippen LogP contribution >= 0.6 is 0 Å². The molecule has 0 radical (unpaired) electrons. The zero-order valence-electron chi connectivity index (χ0n) is 17.0. The van der Waals surface area contributed by atoms with Crippen molar-refractivity contribution >= 4 is 17.7 Å². The van der Waals surface area contributed by atoms with Crippen molar-refractivity contribution in [3.05, 3.63) is 0 Å². The van der Waals surface area contributed by atoms with E-state index in [0.717, 1.165) is 38.8 Å². The Hall–Kier alpha value is -1.51. The molecule has 4 heterocycles. The fourth-order valence-electron chi connectivity index (χ4n) is 5.45. The van der Waals surface area contributed by atoms with Crippen LogP contribution in [0.4, 0.5) is 0 Å². The average Bonchev–Trinajstić information content (AvgIpc) is 3.03. The molecule has 2 atom stereocenters. The highest BCUT2D eigenvalue weighted by atomic mass is 16.3. The van der Waals surface area contributed by atoms with Gasteiger partial charge < -0.3 is 10.0 Å². The number of aliphatic hydroxyl groups excluding tert-OH is 1. The fourth-order valence-corrected chi connectivity index (χ4v) is 5.45. The van der Waals surface area contributed by atoms with Crippen molar-refractivity contribution in [2.75, 3.05) is 39.3 Å². The molecule has 4 rings (SSSR count). The highest BCUT2D eigenvalue weighted by Gasteiger charge is 2.64. The van der Waals surface area contributed by atoms with Gasteiger partial charge in [-0.3, -0.25) is 29.1 Å². The zero-order valence-corrected chi connectivity index (χ0v) is 17.0. The molecule has 0 bridgehead atoms. The van der Waals surface area contributed by atoms with Crippen molar-refractivity contribution in [1.29, 1.82) is 0 Å². The Bertz CT molecular complexity index is 655. The molecule has 28 heavy (non-hydrogen) atoms. The molecule has 4 fully saturated rings. The number of piperidine rings is 1. The minimum Gasteiger partial charge on any atom is -0.392 e. The molecule has 8 heteroatoms. The number of amides is 3. The largest absolute Gasteiger partial charge is 0.392 e. The number of piperazine rings is 1. The van der Waals surface area contributed by atoms with Gasteiger partial charge in [-0.15, -0.1) is 0 Å². The molecule has 4 aliphatic heterocycles. The number of carbonyl (C=O) groups is 3. The number of fused-ring (bicyclic) bond motifs is 2. The highest BCUT2D eigenvalue weighted by Crippen LogP contribution is 2.42. The molecule has 0 saturated carbocycles. The molecule has 1 spiro atoms. The lowest BCUT2D eigenvalue weighted by Crippen LogP contribution is -2.82. The second-order valence-electron chi connectivity index (χ2n) is 8.88. The second-order valence-corrected chi connectivity index (χ2v) is 8.88. The van der Waals surface area contributed by atoms with E-state index in [1.165, 1.54) is 4.90 Å². The third-order valence-electron chi connectivity index (χ3n) is 7.11. The number of carbonyl (C=O) groups excluding carboxylic acids is 3. The van der Waals surface area contributed by atoms with Gasteiger partial charge in [0.2, 0.25) is 11.8 Å². The van der Waals surface area contributed by atoms with Gasteiger partial charge in [-0.05, 0) is 25.7 Å². The third kappa shape index (κ3) is 3.06. The minimum atomic E-state index is -0.665. The zero-order chi connectivity index (χ0) is 20.1. The highest BCUT2D eigenvalue weighted by molar-refractivity contribution is 6.06. The molecule has 0 aromatic heterocycles. The quantitative estimate of drug-likeness (QED) is 0.659. The molecule has 1 N–H and O–H groups in total. The predicted octanol–water partition coefficient (Wildman–Crippen LogP) is -0.344. The van der Waals surface area contributed by atoms with E-state index in [0.29, 0.717) is 38.6 Å². The van der Waals surface area contributed by atoms with Crippen molar-refractivity contribution in [2.24, 2.45) is 0 Å². The summed E-state index contributed by atoms with van der Waals surface area (Å²) in [7, 11) is 0. The van der Waals surface area contributed by atoms with Gasteiger partial charge in [0.15, 0.2) is 0 Å². The number of unbranched alkanes of at least 4 members (excludes halogenated alkanes) is 1. The van der Waals surface area contributed by atoms with Crippen LogP contribution in [0.3, 0.4) is 0 Å². The van der Waals surface area contributed by atoms with Gasteiger partial charge in [0.25, 0.3) is 5.91 Å². The summed E-state index contributed by atoms with van der Waals surface area (Å²) in [5, 5.41) is 10.2. The van der Waals surface area contributed by atoms with E-state index < -0.39 is 11.6 Å². The van der Waals surface area contributed by atoms with Gasteiger partial charge in [0.1, 0.15) is 5.54 Å². The first-order valence-corrected chi connectivity index (χ1v) is 10.7. The maximum atomic E-state index is 13.4. The van der Waals surface area contributed by atoms with Gasteiger partial charge in [-0.2, -0.15) is 0 Å². The Kier molecular flexibility index (Phi) is 5.22. The smallest absolute Gasteiger partial charge is 0.252 e. The summed E-state index contributed by atoms with van der Waals surface area (Å²) in [6, 6.07) is 0.00740. The van der Waals surface area contributed by atoms with Crippen molar-refractivity contribution < 1.29 is 19.5 Å². The molecule has 0 aliphatic carbocycles. The van der Waals surface area contributed by atoms with Gasteiger partial charge in [0.05, 0.1) is 12.1 Å². The number of imide groups is 1. The number of likely N-dealkylation sites (tertiary alicyclic amines) is 2. The molecule has 4 aliphatic rings. The molecule has 0 unspecified atom stereocenters. The lowest BCUT2D eigenvalue weighted by molar-refractivity contribution is -0.183. The SMILES string of the molecule is CCCCN1C(=O)[C@@H]2C[C@@H](O)CN2C2(CN(C3CCN(C(C)=O)CC3)C2)C1=O. The first-order valence-electron chi connectivity index (χ1n) is 10.7. The van der Waals surface area contributed by atoms with E-state index in [-0.39, 0.29) is 23.8 Å². The number of rotatable bonds is 4. The molecule has 0 aromatic rings. The normalized spacial score (nSPS) is 31.4. The number of aliphatic hydroxyl groups is 1. The summed E-state index contributed by atoms with van der Waals surface area (Å²) >= 11 is 0. The van der Waals surface area contributed by atoms with E-state index in [1.807, 2.05) is 9.80 Å². The van der Waals surface area contributed by atoms with Crippen LogP contribution in [-0.2, 0) is 14.4 Å².